The van der Waals surface area contributed by atoms with Gasteiger partial charge in [-0.25, -0.2) is 0 Å². The molecule has 0 amide bonds. The SMILES string of the molecule is CCCCCCCCCCCCCCCCCC[n+]1csc(CCOC(=O)CCCCC(=O)OCCc2sc[n+](CCCCCCCCCCCCCCCCCC)c2C)c1C. The van der Waals surface area contributed by atoms with Crippen LogP contribution < -0.4 is 9.13 Å². The summed E-state index contributed by atoms with van der Waals surface area (Å²) in [5, 5.41) is 0. The minimum Gasteiger partial charge on any atom is -0.465 e. The molecule has 0 aromatic carbocycles. The summed E-state index contributed by atoms with van der Waals surface area (Å²) in [5.74, 6) is -0.343. The first-order valence-corrected chi connectivity index (χ1v) is 28.5. The molecule has 0 fully saturated rings. The predicted octanol–water partition coefficient (Wildman–Crippen LogP) is 16.0. The van der Waals surface area contributed by atoms with Crippen molar-refractivity contribution in [3.05, 3.63) is 32.2 Å². The fourth-order valence-corrected chi connectivity index (χ4v) is 10.7. The average Bonchev–Trinajstić information content (AvgIpc) is 3.81. The number of hydrogen-bond acceptors (Lipinski definition) is 6. The van der Waals surface area contributed by atoms with Gasteiger partial charge in [0.25, 0.3) is 0 Å². The average molecular weight is 904 g/mol. The highest BCUT2D eigenvalue weighted by atomic mass is 32.1. The highest BCUT2D eigenvalue weighted by molar-refractivity contribution is 7.09. The Balaban J connectivity index is 1.39. The largest absolute Gasteiger partial charge is 0.465 e. The van der Waals surface area contributed by atoms with Gasteiger partial charge in [-0.2, -0.15) is 9.13 Å². The van der Waals surface area contributed by atoms with Gasteiger partial charge in [-0.3, -0.25) is 9.59 Å². The van der Waals surface area contributed by atoms with Gasteiger partial charge in [0, 0.05) is 52.4 Å². The van der Waals surface area contributed by atoms with Gasteiger partial charge in [0.2, 0.25) is 11.0 Å². The van der Waals surface area contributed by atoms with Gasteiger partial charge in [-0.15, -0.1) is 0 Å². The van der Waals surface area contributed by atoms with Crippen molar-refractivity contribution >= 4 is 34.6 Å². The van der Waals surface area contributed by atoms with Crippen LogP contribution in [0.4, 0.5) is 0 Å². The zero-order chi connectivity index (χ0) is 44.6. The van der Waals surface area contributed by atoms with E-state index >= 15 is 0 Å². The maximum Gasteiger partial charge on any atom is 0.305 e. The van der Waals surface area contributed by atoms with E-state index in [-0.39, 0.29) is 11.9 Å². The molecule has 0 atom stereocenters. The molecule has 6 nitrogen and oxygen atoms in total. The van der Waals surface area contributed by atoms with E-state index in [1.165, 1.54) is 227 Å². The molecule has 0 aliphatic carbocycles. The third-order valence-electron chi connectivity index (χ3n) is 13.0. The van der Waals surface area contributed by atoms with Gasteiger partial charge in [0.15, 0.2) is 11.4 Å². The Morgan fingerprint density at radius 3 is 0.935 bits per heavy atom. The second-order valence-corrected chi connectivity index (χ2v) is 20.5. The quantitative estimate of drug-likeness (QED) is 0.0377. The lowest BCUT2D eigenvalue weighted by atomic mass is 10.0. The van der Waals surface area contributed by atoms with Gasteiger partial charge in [0.05, 0.1) is 23.0 Å². The van der Waals surface area contributed by atoms with Crippen molar-refractivity contribution in [3.8, 4) is 0 Å². The van der Waals surface area contributed by atoms with Gasteiger partial charge < -0.3 is 9.47 Å². The maximum absolute atomic E-state index is 12.4. The zero-order valence-corrected chi connectivity index (χ0v) is 42.8. The number of hydrogen-bond donors (Lipinski definition) is 0. The van der Waals surface area contributed by atoms with Gasteiger partial charge in [0.1, 0.15) is 13.1 Å². The number of thiazole rings is 2. The first-order chi connectivity index (χ1) is 30.5. The Kier molecular flexibility index (Phi) is 37.0. The number of carbonyl (C=O) groups is 2. The van der Waals surface area contributed by atoms with Gasteiger partial charge >= 0.3 is 11.9 Å². The molecule has 8 heteroatoms. The highest BCUT2D eigenvalue weighted by Gasteiger charge is 2.17. The normalized spacial score (nSPS) is 11.5. The fourth-order valence-electron chi connectivity index (χ4n) is 8.68. The lowest BCUT2D eigenvalue weighted by Crippen LogP contribution is -2.34. The van der Waals surface area contributed by atoms with E-state index in [4.69, 9.17) is 9.47 Å². The minimum atomic E-state index is -0.172. The van der Waals surface area contributed by atoms with Crippen LogP contribution in [-0.2, 0) is 45.0 Å². The van der Waals surface area contributed by atoms with Crippen molar-refractivity contribution in [2.45, 2.75) is 285 Å². The molecule has 0 N–H and O–H groups in total. The molecule has 2 aromatic rings. The molecule has 2 aromatic heterocycles. The summed E-state index contributed by atoms with van der Waals surface area (Å²) in [6.07, 6.45) is 48.2. The van der Waals surface area contributed by atoms with Gasteiger partial charge in [-0.1, -0.05) is 216 Å². The maximum atomic E-state index is 12.4. The zero-order valence-electron chi connectivity index (χ0n) is 41.2. The summed E-state index contributed by atoms with van der Waals surface area (Å²) in [6.45, 7) is 12.0. The van der Waals surface area contributed by atoms with Crippen molar-refractivity contribution in [2.75, 3.05) is 13.2 Å². The standard InChI is InChI=1S/C54H98N2O4S2/c1-5-7-9-11-13-15-17-19-21-23-25-27-29-31-33-37-43-55-47-61-51(49(55)3)41-45-59-53(57)39-35-36-40-54(58)60-46-42-52-50(4)56(48-62-52)44-38-34-32-30-28-26-24-22-20-18-16-14-12-10-8-6-2/h47-48H,5-46H2,1-4H3/q+2. The molecule has 0 bridgehead atoms. The van der Waals surface area contributed by atoms with E-state index < -0.39 is 0 Å². The third-order valence-corrected chi connectivity index (χ3v) is 15.3. The lowest BCUT2D eigenvalue weighted by Gasteiger charge is -2.05. The molecular weight excluding hydrogens is 805 g/mol. The molecule has 62 heavy (non-hydrogen) atoms. The van der Waals surface area contributed by atoms with Crippen LogP contribution in [0.25, 0.3) is 0 Å². The molecule has 0 spiro atoms. The Morgan fingerprint density at radius 1 is 0.403 bits per heavy atom. The molecule has 0 unspecified atom stereocenters. The topological polar surface area (TPSA) is 60.4 Å². The van der Waals surface area contributed by atoms with Crippen LogP contribution in [0.15, 0.2) is 11.0 Å². The second kappa shape index (κ2) is 40.7. The third kappa shape index (κ3) is 30.4. The van der Waals surface area contributed by atoms with Crippen molar-refractivity contribution < 1.29 is 28.2 Å². The molecule has 358 valence electrons. The Bertz CT molecular complexity index is 1240. The molecule has 2 heterocycles. The van der Waals surface area contributed by atoms with Crippen LogP contribution in [0.3, 0.4) is 0 Å². The summed E-state index contributed by atoms with van der Waals surface area (Å²) in [6, 6.07) is 0. The van der Waals surface area contributed by atoms with Crippen LogP contribution in [-0.4, -0.2) is 25.2 Å². The van der Waals surface area contributed by atoms with Crippen molar-refractivity contribution in [1.29, 1.82) is 0 Å². The molecular formula is C54H98N2O4S2+2. The first-order valence-electron chi connectivity index (χ1n) is 26.7. The molecule has 0 aliphatic rings. The van der Waals surface area contributed by atoms with Crippen LogP contribution in [0, 0.1) is 13.8 Å². The van der Waals surface area contributed by atoms with Crippen molar-refractivity contribution in [3.63, 3.8) is 0 Å². The van der Waals surface area contributed by atoms with E-state index in [9.17, 15) is 9.59 Å². The molecule has 0 saturated carbocycles. The predicted molar refractivity (Wildman–Crippen MR) is 265 cm³/mol. The molecule has 0 aliphatic heterocycles. The van der Waals surface area contributed by atoms with Crippen LogP contribution in [0.2, 0.25) is 0 Å². The van der Waals surface area contributed by atoms with E-state index in [2.05, 4.69) is 47.9 Å². The van der Waals surface area contributed by atoms with Crippen LogP contribution in [0.1, 0.15) is 266 Å². The Morgan fingerprint density at radius 2 is 0.661 bits per heavy atom. The fraction of sp³-hybridized carbons (Fsp3) is 0.852. The Hall–Kier alpha value is -1.80. The number of aryl methyl sites for hydroxylation is 2. The summed E-state index contributed by atoms with van der Waals surface area (Å²) in [4.78, 5) is 27.4. The van der Waals surface area contributed by atoms with Crippen molar-refractivity contribution in [1.82, 2.24) is 0 Å². The highest BCUT2D eigenvalue weighted by Crippen LogP contribution is 2.18. The number of ether oxygens (including phenoxy) is 2. The van der Waals surface area contributed by atoms with Gasteiger partial charge in [-0.05, 0) is 25.7 Å². The number of nitrogens with zero attached hydrogens (tertiary/aromatic N) is 2. The van der Waals surface area contributed by atoms with Crippen LogP contribution in [0.5, 0.6) is 0 Å². The van der Waals surface area contributed by atoms with E-state index in [1.54, 1.807) is 22.7 Å². The number of carbonyl (C=O) groups excluding carboxylic acids is 2. The van der Waals surface area contributed by atoms with Crippen LogP contribution >= 0.6 is 22.7 Å². The molecule has 2 rings (SSSR count). The molecule has 0 radical (unpaired) electrons. The summed E-state index contributed by atoms with van der Waals surface area (Å²) in [7, 11) is 0. The number of aromatic nitrogens is 2. The number of rotatable bonds is 45. The number of unbranched alkanes of at least 4 members (excludes halogenated alkanes) is 31. The smallest absolute Gasteiger partial charge is 0.305 e. The monoisotopic (exact) mass is 903 g/mol. The minimum absolute atomic E-state index is 0.172. The Labute approximate surface area is 391 Å². The molecule has 0 saturated heterocycles. The van der Waals surface area contributed by atoms with Crippen molar-refractivity contribution in [2.24, 2.45) is 0 Å². The summed E-state index contributed by atoms with van der Waals surface area (Å²) in [5.41, 5.74) is 7.09. The lowest BCUT2D eigenvalue weighted by molar-refractivity contribution is -0.698. The second-order valence-electron chi connectivity index (χ2n) is 18.6. The van der Waals surface area contributed by atoms with E-state index in [0.717, 1.165) is 25.9 Å². The number of esters is 2. The summed E-state index contributed by atoms with van der Waals surface area (Å²) >= 11 is 3.55. The van der Waals surface area contributed by atoms with E-state index in [0.29, 0.717) is 38.9 Å². The first kappa shape index (κ1) is 56.3. The van der Waals surface area contributed by atoms with E-state index in [1.807, 2.05) is 0 Å². The summed E-state index contributed by atoms with van der Waals surface area (Å²) < 4.78 is 15.9.